The van der Waals surface area contributed by atoms with E-state index in [0.717, 1.165) is 21.6 Å². The van der Waals surface area contributed by atoms with Crippen LogP contribution in [0.4, 0.5) is 0 Å². The van der Waals surface area contributed by atoms with Crippen molar-refractivity contribution in [1.29, 1.82) is 0 Å². The monoisotopic (exact) mass is 718 g/mol. The Morgan fingerprint density at radius 2 is 1.85 bits per heavy atom. The number of nitrogens with one attached hydrogen (secondary N) is 1. The number of amides is 1. The van der Waals surface area contributed by atoms with Crippen LogP contribution in [0, 0.1) is 7.14 Å². The minimum absolute atomic E-state index is 0.144. The van der Waals surface area contributed by atoms with Gasteiger partial charge in [0.05, 0.1) is 15.5 Å². The molecule has 0 fully saturated rings. The van der Waals surface area contributed by atoms with Gasteiger partial charge in [-0.15, -0.1) is 10.2 Å². The summed E-state index contributed by atoms with van der Waals surface area (Å²) >= 11 is 8.66. The van der Waals surface area contributed by atoms with E-state index < -0.39 is 0 Å². The van der Waals surface area contributed by atoms with E-state index in [1.807, 2.05) is 12.1 Å². The second-order valence-electron chi connectivity index (χ2n) is 6.67. The van der Waals surface area contributed by atoms with E-state index in [-0.39, 0.29) is 17.4 Å². The van der Waals surface area contributed by atoms with E-state index in [0.29, 0.717) is 5.56 Å². The highest BCUT2D eigenvalue weighted by molar-refractivity contribution is 14.1. The number of fused-ring (bicyclic) bond motifs is 1. The summed E-state index contributed by atoms with van der Waals surface area (Å²) in [4.78, 5) is 12.1. The number of halogens is 2. The molecule has 0 aliphatic rings. The largest absolute Gasteiger partial charge is 0.506 e. The molecular formula is C22H16I2N4O2S3. The van der Waals surface area contributed by atoms with Crippen LogP contribution in [0.5, 0.6) is 5.75 Å². The lowest BCUT2D eigenvalue weighted by molar-refractivity contribution is -0.118. The van der Waals surface area contributed by atoms with Crippen molar-refractivity contribution in [3.8, 4) is 5.75 Å². The first-order valence-corrected chi connectivity index (χ1v) is 14.5. The first kappa shape index (κ1) is 24.7. The zero-order chi connectivity index (χ0) is 23.2. The molecule has 6 nitrogen and oxygen atoms in total. The molecule has 33 heavy (non-hydrogen) atoms. The second-order valence-corrected chi connectivity index (χ2v) is 12.5. The smallest absolute Gasteiger partial charge is 0.250 e. The average molecular weight is 718 g/mol. The van der Waals surface area contributed by atoms with Crippen molar-refractivity contribution in [2.75, 3.05) is 5.75 Å². The minimum Gasteiger partial charge on any atom is -0.506 e. The maximum Gasteiger partial charge on any atom is 0.250 e. The van der Waals surface area contributed by atoms with Crippen LogP contribution in [-0.4, -0.2) is 33.2 Å². The number of hydrogen-bond donors (Lipinski definition) is 2. The summed E-state index contributed by atoms with van der Waals surface area (Å²) in [6, 6.07) is 18.3. The van der Waals surface area contributed by atoms with Crippen LogP contribution in [0.25, 0.3) is 10.8 Å². The van der Waals surface area contributed by atoms with Gasteiger partial charge >= 0.3 is 0 Å². The van der Waals surface area contributed by atoms with Gasteiger partial charge in [-0.25, -0.2) is 5.43 Å². The summed E-state index contributed by atoms with van der Waals surface area (Å²) in [5.41, 5.74) is 4.29. The van der Waals surface area contributed by atoms with Gasteiger partial charge in [0.1, 0.15) is 5.75 Å². The van der Waals surface area contributed by atoms with Gasteiger partial charge in [-0.3, -0.25) is 4.79 Å². The standard InChI is InChI=1S/C22H16I2N4O2S3/c23-16-8-15(20(30)18(24)9-16)10-25-26-19(29)12-32-22-28-27-21(33-22)31-11-14-6-3-5-13-4-1-2-7-17(13)14/h1-10,30H,11-12H2,(H,26,29)/b25-10-. The van der Waals surface area contributed by atoms with Crippen molar-refractivity contribution < 1.29 is 9.90 Å². The number of hydrazone groups is 1. The van der Waals surface area contributed by atoms with E-state index in [1.54, 1.807) is 17.8 Å². The predicted octanol–water partition coefficient (Wildman–Crippen LogP) is 6.14. The van der Waals surface area contributed by atoms with Crippen molar-refractivity contribution in [2.45, 2.75) is 14.4 Å². The molecule has 0 radical (unpaired) electrons. The Morgan fingerprint density at radius 1 is 1.09 bits per heavy atom. The number of aromatic nitrogens is 2. The predicted molar refractivity (Wildman–Crippen MR) is 153 cm³/mol. The van der Waals surface area contributed by atoms with Crippen molar-refractivity contribution >= 4 is 103 Å². The van der Waals surface area contributed by atoms with E-state index in [4.69, 9.17) is 0 Å². The molecule has 0 unspecified atom stereocenters. The van der Waals surface area contributed by atoms with E-state index in [2.05, 4.69) is 102 Å². The minimum atomic E-state index is -0.253. The highest BCUT2D eigenvalue weighted by Gasteiger charge is 2.10. The van der Waals surface area contributed by atoms with Gasteiger partial charge in [0.25, 0.3) is 5.91 Å². The van der Waals surface area contributed by atoms with Crippen LogP contribution >= 0.6 is 80.0 Å². The van der Waals surface area contributed by atoms with Crippen molar-refractivity contribution in [3.05, 3.63) is 72.9 Å². The number of nitrogens with zero attached hydrogens (tertiary/aromatic N) is 3. The fourth-order valence-corrected chi connectivity index (χ4v) is 7.60. The fraction of sp³-hybridized carbons (Fsp3) is 0.0909. The third-order valence-corrected chi connectivity index (χ3v) is 9.08. The van der Waals surface area contributed by atoms with Crippen LogP contribution in [0.1, 0.15) is 11.1 Å². The third-order valence-electron chi connectivity index (χ3n) is 4.40. The Bertz CT molecular complexity index is 1320. The number of thioether (sulfide) groups is 2. The number of carbonyl (C=O) groups excluding carboxylic acids is 1. The Morgan fingerprint density at radius 3 is 2.70 bits per heavy atom. The van der Waals surface area contributed by atoms with Gasteiger partial charge in [-0.1, -0.05) is 77.3 Å². The zero-order valence-electron chi connectivity index (χ0n) is 16.9. The summed E-state index contributed by atoms with van der Waals surface area (Å²) < 4.78 is 3.31. The average Bonchev–Trinajstić information content (AvgIpc) is 3.27. The summed E-state index contributed by atoms with van der Waals surface area (Å²) in [7, 11) is 0. The number of benzene rings is 3. The second kappa shape index (κ2) is 11.8. The highest BCUT2D eigenvalue weighted by Crippen LogP contribution is 2.32. The molecule has 1 aromatic heterocycles. The first-order chi connectivity index (χ1) is 16.0. The topological polar surface area (TPSA) is 87.5 Å². The quantitative estimate of drug-likeness (QED) is 0.0986. The molecule has 0 bridgehead atoms. The first-order valence-electron chi connectivity index (χ1n) is 9.55. The molecule has 1 heterocycles. The lowest BCUT2D eigenvalue weighted by Crippen LogP contribution is -2.19. The summed E-state index contributed by atoms with van der Waals surface area (Å²) in [5.74, 6) is 0.873. The van der Waals surface area contributed by atoms with E-state index in [9.17, 15) is 9.90 Å². The summed E-state index contributed by atoms with van der Waals surface area (Å²) in [6.45, 7) is 0. The maximum atomic E-state index is 12.1. The molecule has 0 atom stereocenters. The molecule has 0 spiro atoms. The van der Waals surface area contributed by atoms with Crippen LogP contribution in [-0.2, 0) is 10.5 Å². The molecule has 2 N–H and O–H groups in total. The van der Waals surface area contributed by atoms with Crippen molar-refractivity contribution in [2.24, 2.45) is 5.10 Å². The number of phenols is 1. The van der Waals surface area contributed by atoms with Gasteiger partial charge in [0.15, 0.2) is 8.68 Å². The molecule has 4 rings (SSSR count). The van der Waals surface area contributed by atoms with Gasteiger partial charge in [-0.05, 0) is 73.7 Å². The third kappa shape index (κ3) is 6.81. The Kier molecular flexibility index (Phi) is 8.85. The molecular weight excluding hydrogens is 702 g/mol. The normalized spacial score (nSPS) is 11.3. The SMILES string of the molecule is O=C(CSc1nnc(SCc2cccc3ccccc23)s1)N/N=C\c1cc(I)cc(I)c1O. The lowest BCUT2D eigenvalue weighted by atomic mass is 10.1. The van der Waals surface area contributed by atoms with E-state index in [1.165, 1.54) is 45.6 Å². The van der Waals surface area contributed by atoms with Crippen LogP contribution in [0.2, 0.25) is 0 Å². The molecule has 4 aromatic rings. The van der Waals surface area contributed by atoms with Crippen molar-refractivity contribution in [3.63, 3.8) is 0 Å². The number of hydrogen-bond acceptors (Lipinski definition) is 8. The molecule has 11 heteroatoms. The van der Waals surface area contributed by atoms with Crippen molar-refractivity contribution in [1.82, 2.24) is 15.6 Å². The highest BCUT2D eigenvalue weighted by atomic mass is 127. The Labute approximate surface area is 230 Å². The number of carbonyl (C=O) groups is 1. The fourth-order valence-electron chi connectivity index (χ4n) is 2.89. The Balaban J connectivity index is 1.27. The summed E-state index contributed by atoms with van der Waals surface area (Å²) in [6.07, 6.45) is 1.44. The van der Waals surface area contributed by atoms with Gasteiger partial charge in [0.2, 0.25) is 0 Å². The zero-order valence-corrected chi connectivity index (χ0v) is 23.6. The van der Waals surface area contributed by atoms with Crippen LogP contribution < -0.4 is 5.43 Å². The molecule has 168 valence electrons. The van der Waals surface area contributed by atoms with E-state index >= 15 is 0 Å². The molecule has 0 saturated carbocycles. The van der Waals surface area contributed by atoms with Gasteiger partial charge < -0.3 is 5.11 Å². The molecule has 1 amide bonds. The van der Waals surface area contributed by atoms with Crippen LogP contribution in [0.15, 0.2) is 68.4 Å². The maximum absolute atomic E-state index is 12.1. The molecule has 0 saturated heterocycles. The Hall–Kier alpha value is -1.42. The number of rotatable bonds is 8. The van der Waals surface area contributed by atoms with Gasteiger partial charge in [-0.2, -0.15) is 5.10 Å². The molecule has 0 aliphatic heterocycles. The lowest BCUT2D eigenvalue weighted by Gasteiger charge is -2.04. The molecule has 3 aromatic carbocycles. The van der Waals surface area contributed by atoms with Crippen LogP contribution in [0.3, 0.4) is 0 Å². The summed E-state index contributed by atoms with van der Waals surface area (Å²) in [5, 5.41) is 24.9. The number of phenolic OH excluding ortho intramolecular Hbond substituents is 1. The number of aromatic hydroxyl groups is 1. The molecule has 0 aliphatic carbocycles. The van der Waals surface area contributed by atoms with Gasteiger partial charge in [0, 0.05) is 14.9 Å².